The highest BCUT2D eigenvalue weighted by atomic mass is 19.1. The van der Waals surface area contributed by atoms with E-state index in [2.05, 4.69) is 20.7 Å². The molecule has 8 nitrogen and oxygen atoms in total. The Balaban J connectivity index is 1.63. The normalized spacial score (nSPS) is 10.9. The minimum Gasteiger partial charge on any atom is -0.325 e. The number of anilines is 3. The summed E-state index contributed by atoms with van der Waals surface area (Å²) in [6, 6.07) is 12.6. The number of halogens is 2. The van der Waals surface area contributed by atoms with E-state index in [1.807, 2.05) is 0 Å². The van der Waals surface area contributed by atoms with Crippen molar-refractivity contribution in [3.8, 4) is 0 Å². The molecule has 30 heavy (non-hydrogen) atoms. The Hall–Kier alpha value is -4.08. The average Bonchev–Trinajstić information content (AvgIpc) is 2.98. The van der Waals surface area contributed by atoms with Crippen molar-refractivity contribution >= 4 is 28.9 Å². The molecule has 2 N–H and O–H groups in total. The van der Waals surface area contributed by atoms with Gasteiger partial charge in [0.25, 0.3) is 0 Å². The molecule has 4 aromatic rings. The summed E-state index contributed by atoms with van der Waals surface area (Å²) in [5.41, 5.74) is 1.09. The van der Waals surface area contributed by atoms with Gasteiger partial charge < -0.3 is 10.6 Å². The minimum absolute atomic E-state index is 0.179. The van der Waals surface area contributed by atoms with E-state index in [4.69, 9.17) is 0 Å². The third-order valence-corrected chi connectivity index (χ3v) is 4.20. The van der Waals surface area contributed by atoms with Crippen LogP contribution in [0.4, 0.5) is 26.1 Å². The number of rotatable bonds is 5. The first-order chi connectivity index (χ1) is 14.4. The van der Waals surface area contributed by atoms with Crippen molar-refractivity contribution in [2.24, 2.45) is 0 Å². The molecule has 0 aliphatic heterocycles. The molecule has 1 amide bonds. The molecule has 0 aliphatic rings. The van der Waals surface area contributed by atoms with Crippen LogP contribution < -0.4 is 16.3 Å². The molecule has 152 valence electrons. The van der Waals surface area contributed by atoms with Gasteiger partial charge in [-0.1, -0.05) is 6.07 Å². The summed E-state index contributed by atoms with van der Waals surface area (Å²) in [5, 5.41) is 9.66. The van der Waals surface area contributed by atoms with Crippen LogP contribution in [0.25, 0.3) is 5.65 Å². The van der Waals surface area contributed by atoms with Gasteiger partial charge in [0, 0.05) is 23.1 Å². The fourth-order valence-corrected chi connectivity index (χ4v) is 2.91. The van der Waals surface area contributed by atoms with Crippen LogP contribution in [0.5, 0.6) is 0 Å². The van der Waals surface area contributed by atoms with Gasteiger partial charge in [0.2, 0.25) is 11.9 Å². The molecule has 0 unspecified atom stereocenters. The Morgan fingerprint density at radius 2 is 1.80 bits per heavy atom. The van der Waals surface area contributed by atoms with Crippen molar-refractivity contribution in [3.63, 3.8) is 0 Å². The molecule has 2 aromatic heterocycles. The van der Waals surface area contributed by atoms with E-state index in [9.17, 15) is 18.4 Å². The molecular weight excluding hydrogens is 394 g/mol. The average molecular weight is 410 g/mol. The number of hydrogen-bond acceptors (Lipinski definition) is 5. The highest BCUT2D eigenvalue weighted by Gasteiger charge is 2.15. The third-order valence-electron chi connectivity index (χ3n) is 4.20. The highest BCUT2D eigenvalue weighted by Crippen LogP contribution is 2.16. The maximum absolute atomic E-state index is 13.3. The summed E-state index contributed by atoms with van der Waals surface area (Å²) < 4.78 is 28.6. The van der Waals surface area contributed by atoms with E-state index in [-0.39, 0.29) is 23.8 Å². The molecular formula is C20H16F2N6O2. The molecule has 2 heterocycles. The molecule has 0 radical (unpaired) electrons. The summed E-state index contributed by atoms with van der Waals surface area (Å²) >= 11 is 0. The lowest BCUT2D eigenvalue weighted by atomic mass is 10.3. The van der Waals surface area contributed by atoms with Crippen molar-refractivity contribution in [2.45, 2.75) is 13.5 Å². The SMILES string of the molecule is Cc1cc2nn(CC(=O)Nc3cccc(F)c3)c(=O)n2c(Nc2ccc(F)cc2)n1. The standard InChI is InChI=1S/C20H16F2N6O2/c1-12-9-17-26-27(11-18(29)24-16-4-2-3-14(22)10-16)20(30)28(17)19(23-12)25-15-7-5-13(21)6-8-15/h2-10H,11H2,1H3,(H,23,25)(H,24,29). The van der Waals surface area contributed by atoms with Crippen molar-refractivity contribution in [1.29, 1.82) is 0 Å². The van der Waals surface area contributed by atoms with Crippen molar-refractivity contribution < 1.29 is 13.6 Å². The van der Waals surface area contributed by atoms with Crippen LogP contribution in [-0.2, 0) is 11.3 Å². The van der Waals surface area contributed by atoms with E-state index in [0.717, 1.165) is 4.68 Å². The zero-order chi connectivity index (χ0) is 21.3. The molecule has 0 atom stereocenters. The van der Waals surface area contributed by atoms with Crippen LogP contribution in [0.2, 0.25) is 0 Å². The van der Waals surface area contributed by atoms with Gasteiger partial charge in [0.05, 0.1) is 0 Å². The maximum Gasteiger partial charge on any atom is 0.353 e. The fourth-order valence-electron chi connectivity index (χ4n) is 2.91. The topological polar surface area (TPSA) is 93.3 Å². The molecule has 0 saturated heterocycles. The number of amides is 1. The van der Waals surface area contributed by atoms with E-state index >= 15 is 0 Å². The van der Waals surface area contributed by atoms with E-state index in [1.165, 1.54) is 52.9 Å². The van der Waals surface area contributed by atoms with E-state index in [0.29, 0.717) is 11.4 Å². The van der Waals surface area contributed by atoms with Gasteiger partial charge >= 0.3 is 5.69 Å². The lowest BCUT2D eigenvalue weighted by Gasteiger charge is -2.07. The first kappa shape index (κ1) is 19.2. The second-order valence-electron chi connectivity index (χ2n) is 6.55. The molecule has 0 fully saturated rings. The van der Waals surface area contributed by atoms with Crippen LogP contribution in [0.1, 0.15) is 5.69 Å². The van der Waals surface area contributed by atoms with Crippen LogP contribution >= 0.6 is 0 Å². The van der Waals surface area contributed by atoms with Crippen molar-refractivity contribution in [3.05, 3.63) is 82.4 Å². The van der Waals surface area contributed by atoms with Gasteiger partial charge in [-0.05, 0) is 49.4 Å². The number of nitrogens with zero attached hydrogens (tertiary/aromatic N) is 4. The highest BCUT2D eigenvalue weighted by molar-refractivity contribution is 5.90. The zero-order valence-corrected chi connectivity index (χ0v) is 15.8. The van der Waals surface area contributed by atoms with Gasteiger partial charge in [-0.2, -0.15) is 0 Å². The quantitative estimate of drug-likeness (QED) is 0.528. The summed E-state index contributed by atoms with van der Waals surface area (Å²) in [6.45, 7) is 1.36. The molecule has 0 spiro atoms. The van der Waals surface area contributed by atoms with Gasteiger partial charge in [-0.25, -0.2) is 27.6 Å². The van der Waals surface area contributed by atoms with Gasteiger partial charge in [0.15, 0.2) is 5.65 Å². The van der Waals surface area contributed by atoms with Crippen molar-refractivity contribution in [1.82, 2.24) is 19.2 Å². The Kier molecular flexibility index (Phi) is 4.97. The van der Waals surface area contributed by atoms with Crippen molar-refractivity contribution in [2.75, 3.05) is 10.6 Å². The fraction of sp³-hybridized carbons (Fsp3) is 0.100. The molecule has 0 saturated carbocycles. The Bertz CT molecular complexity index is 1300. The number of aromatic nitrogens is 4. The van der Waals surface area contributed by atoms with Gasteiger partial charge in [-0.3, -0.25) is 4.79 Å². The first-order valence-electron chi connectivity index (χ1n) is 8.94. The van der Waals surface area contributed by atoms with Crippen LogP contribution in [0.3, 0.4) is 0 Å². The van der Waals surface area contributed by atoms with Crippen LogP contribution in [0.15, 0.2) is 59.4 Å². The molecule has 0 bridgehead atoms. The number of hydrogen-bond donors (Lipinski definition) is 2. The van der Waals surface area contributed by atoms with Crippen LogP contribution in [-0.4, -0.2) is 25.1 Å². The summed E-state index contributed by atoms with van der Waals surface area (Å²) in [5.74, 6) is -1.24. The first-order valence-corrected chi connectivity index (χ1v) is 8.94. The Morgan fingerprint density at radius 1 is 1.03 bits per heavy atom. The number of benzene rings is 2. The van der Waals surface area contributed by atoms with Gasteiger partial charge in [0.1, 0.15) is 18.2 Å². The second kappa shape index (κ2) is 7.74. The van der Waals surface area contributed by atoms with Gasteiger partial charge in [-0.15, -0.1) is 5.10 Å². The molecule has 0 aliphatic carbocycles. The predicted octanol–water partition coefficient (Wildman–Crippen LogP) is 2.86. The number of nitrogens with one attached hydrogen (secondary N) is 2. The molecule has 4 rings (SSSR count). The summed E-state index contributed by atoms with van der Waals surface area (Å²) in [4.78, 5) is 29.4. The monoisotopic (exact) mass is 410 g/mol. The number of aryl methyl sites for hydroxylation is 1. The Morgan fingerprint density at radius 3 is 2.53 bits per heavy atom. The molecule has 2 aromatic carbocycles. The number of fused-ring (bicyclic) bond motifs is 1. The second-order valence-corrected chi connectivity index (χ2v) is 6.55. The third kappa shape index (κ3) is 4.02. The smallest absolute Gasteiger partial charge is 0.325 e. The zero-order valence-electron chi connectivity index (χ0n) is 15.8. The lowest BCUT2D eigenvalue weighted by Crippen LogP contribution is -2.29. The lowest BCUT2D eigenvalue weighted by molar-refractivity contribution is -0.117. The minimum atomic E-state index is -0.587. The largest absolute Gasteiger partial charge is 0.353 e. The number of carbonyl (C=O) groups excluding carboxylic acids is 1. The van der Waals surface area contributed by atoms with Crippen LogP contribution in [0, 0.1) is 18.6 Å². The van der Waals surface area contributed by atoms with E-state index in [1.54, 1.807) is 13.0 Å². The Labute approximate surface area is 168 Å². The summed E-state index contributed by atoms with van der Waals surface area (Å²) in [6.07, 6.45) is 0. The maximum atomic E-state index is 13.3. The summed E-state index contributed by atoms with van der Waals surface area (Å²) in [7, 11) is 0. The molecule has 10 heteroatoms. The number of carbonyl (C=O) groups is 1. The van der Waals surface area contributed by atoms with E-state index < -0.39 is 23.2 Å². The predicted molar refractivity (Wildman–Crippen MR) is 107 cm³/mol.